The van der Waals surface area contributed by atoms with Crippen LogP contribution in [-0.4, -0.2) is 13.0 Å². The number of hydrogen-bond donors (Lipinski definition) is 1. The van der Waals surface area contributed by atoms with Crippen LogP contribution in [0, 0.1) is 5.92 Å². The van der Waals surface area contributed by atoms with Crippen LogP contribution in [0.3, 0.4) is 0 Å². The van der Waals surface area contributed by atoms with Crippen LogP contribution in [0.5, 0.6) is 0 Å². The lowest BCUT2D eigenvalue weighted by molar-refractivity contribution is -0.119. The predicted octanol–water partition coefficient (Wildman–Crippen LogP) is 3.80. The van der Waals surface area contributed by atoms with Crippen molar-refractivity contribution >= 4 is 33.2 Å². The number of carbonyl (C=O) groups excluding carboxylic acids is 1. The van der Waals surface area contributed by atoms with Gasteiger partial charge in [-0.1, -0.05) is 46.3 Å². The first kappa shape index (κ1) is 14.1. The maximum Gasteiger partial charge on any atom is 0.230 e. The highest BCUT2D eigenvalue weighted by Gasteiger charge is 2.45. The maximum atomic E-state index is 12.6. The lowest BCUT2D eigenvalue weighted by Gasteiger charge is -2.19. The van der Waals surface area contributed by atoms with Gasteiger partial charge in [-0.3, -0.25) is 4.79 Å². The molecule has 0 spiro atoms. The molecule has 0 aliphatic heterocycles. The molecule has 2 atom stereocenters. The van der Waals surface area contributed by atoms with Crippen molar-refractivity contribution in [2.45, 2.75) is 12.3 Å². The van der Waals surface area contributed by atoms with E-state index in [0.29, 0.717) is 11.6 Å². The van der Waals surface area contributed by atoms with Gasteiger partial charge in [0.1, 0.15) is 0 Å². The molecule has 0 aromatic heterocycles. The summed E-state index contributed by atoms with van der Waals surface area (Å²) < 4.78 is 0.915. The fraction of sp³-hybridized carbons (Fsp3) is 0.235. The van der Waals surface area contributed by atoms with Crippen LogP contribution < -0.4 is 10.6 Å². The number of halogens is 1. The Morgan fingerprint density at radius 1 is 1.24 bits per heavy atom. The summed E-state index contributed by atoms with van der Waals surface area (Å²) in [6.45, 7) is 0. The number of nitrogens with two attached hydrogens (primary N) is 1. The molecule has 0 heterocycles. The molecule has 2 unspecified atom stereocenters. The van der Waals surface area contributed by atoms with Gasteiger partial charge in [-0.25, -0.2) is 0 Å². The summed E-state index contributed by atoms with van der Waals surface area (Å²) in [5, 5.41) is 0. The molecule has 2 aromatic carbocycles. The molecule has 1 aliphatic carbocycles. The zero-order valence-corrected chi connectivity index (χ0v) is 13.4. The summed E-state index contributed by atoms with van der Waals surface area (Å²) in [7, 11) is 1.79. The van der Waals surface area contributed by atoms with Crippen LogP contribution in [0.25, 0.3) is 0 Å². The van der Waals surface area contributed by atoms with Crippen molar-refractivity contribution in [1.82, 2.24) is 0 Å². The smallest absolute Gasteiger partial charge is 0.230 e. The van der Waals surface area contributed by atoms with E-state index in [9.17, 15) is 4.79 Å². The Labute approximate surface area is 132 Å². The zero-order valence-electron chi connectivity index (χ0n) is 11.8. The highest BCUT2D eigenvalue weighted by molar-refractivity contribution is 9.10. The van der Waals surface area contributed by atoms with Crippen molar-refractivity contribution in [3.63, 3.8) is 0 Å². The van der Waals surface area contributed by atoms with Crippen LogP contribution in [0.2, 0.25) is 0 Å². The molecule has 1 fully saturated rings. The molecular formula is C17H17BrN2O. The van der Waals surface area contributed by atoms with Crippen molar-refractivity contribution in [3.05, 3.63) is 58.6 Å². The van der Waals surface area contributed by atoms with E-state index in [1.165, 1.54) is 5.56 Å². The average Bonchev–Trinajstić information content (AvgIpc) is 3.27. The minimum Gasteiger partial charge on any atom is -0.397 e. The van der Waals surface area contributed by atoms with Crippen molar-refractivity contribution in [2.24, 2.45) is 5.92 Å². The fourth-order valence-corrected chi connectivity index (χ4v) is 3.11. The largest absolute Gasteiger partial charge is 0.397 e. The maximum absolute atomic E-state index is 12.6. The monoisotopic (exact) mass is 344 g/mol. The summed E-state index contributed by atoms with van der Waals surface area (Å²) in [6, 6.07) is 15.8. The van der Waals surface area contributed by atoms with Gasteiger partial charge in [0.2, 0.25) is 5.91 Å². The van der Waals surface area contributed by atoms with Crippen molar-refractivity contribution in [3.8, 4) is 0 Å². The minimum absolute atomic E-state index is 0.0699. The van der Waals surface area contributed by atoms with Gasteiger partial charge in [-0.15, -0.1) is 0 Å². The molecule has 1 amide bonds. The summed E-state index contributed by atoms with van der Waals surface area (Å²) in [4.78, 5) is 14.3. The Kier molecular flexibility index (Phi) is 3.72. The quantitative estimate of drug-likeness (QED) is 0.860. The van der Waals surface area contributed by atoms with Gasteiger partial charge in [0.05, 0.1) is 11.4 Å². The second kappa shape index (κ2) is 5.53. The summed E-state index contributed by atoms with van der Waals surface area (Å²) >= 11 is 3.38. The van der Waals surface area contributed by atoms with Gasteiger partial charge in [-0.2, -0.15) is 0 Å². The lowest BCUT2D eigenvalue weighted by atomic mass is 10.1. The number of nitrogens with zero attached hydrogens (tertiary/aromatic N) is 1. The summed E-state index contributed by atoms with van der Waals surface area (Å²) in [5.74, 6) is 0.552. The van der Waals surface area contributed by atoms with E-state index < -0.39 is 0 Å². The number of nitrogen functional groups attached to an aromatic ring is 1. The summed E-state index contributed by atoms with van der Waals surface area (Å²) in [6.07, 6.45) is 0.920. The van der Waals surface area contributed by atoms with E-state index in [4.69, 9.17) is 5.73 Å². The van der Waals surface area contributed by atoms with E-state index in [1.54, 1.807) is 11.9 Å². The Balaban J connectivity index is 1.75. The number of benzene rings is 2. The van der Waals surface area contributed by atoms with Crippen molar-refractivity contribution in [2.75, 3.05) is 17.7 Å². The molecule has 2 N–H and O–H groups in total. The third-order valence-corrected chi connectivity index (χ3v) is 4.51. The van der Waals surface area contributed by atoms with Gasteiger partial charge in [0, 0.05) is 17.4 Å². The third-order valence-electron chi connectivity index (χ3n) is 4.02. The first-order chi connectivity index (χ1) is 10.1. The fourth-order valence-electron chi connectivity index (χ4n) is 2.73. The highest BCUT2D eigenvalue weighted by Crippen LogP contribution is 2.48. The van der Waals surface area contributed by atoms with Gasteiger partial charge in [0.15, 0.2) is 0 Å². The standard InChI is InChI=1S/C17H17BrN2O/c1-20(16-8-7-12(18)9-15(16)19)17(21)14-10-13(14)11-5-3-2-4-6-11/h2-9,13-14H,10,19H2,1H3. The molecule has 0 bridgehead atoms. The Bertz CT molecular complexity index is 672. The Hall–Kier alpha value is -1.81. The minimum atomic E-state index is 0.0699. The van der Waals surface area contributed by atoms with E-state index in [0.717, 1.165) is 16.6 Å². The van der Waals surface area contributed by atoms with Crippen LogP contribution in [-0.2, 0) is 4.79 Å². The van der Waals surface area contributed by atoms with E-state index in [2.05, 4.69) is 28.1 Å². The lowest BCUT2D eigenvalue weighted by Crippen LogP contribution is -2.28. The van der Waals surface area contributed by atoms with Gasteiger partial charge >= 0.3 is 0 Å². The number of amides is 1. The first-order valence-corrected chi connectivity index (χ1v) is 7.75. The normalized spacial score (nSPS) is 20.1. The predicted molar refractivity (Wildman–Crippen MR) is 89.3 cm³/mol. The van der Waals surface area contributed by atoms with Gasteiger partial charge < -0.3 is 10.6 Å². The first-order valence-electron chi connectivity index (χ1n) is 6.95. The second-order valence-corrected chi connectivity index (χ2v) is 6.38. The number of rotatable bonds is 3. The molecule has 108 valence electrons. The topological polar surface area (TPSA) is 46.3 Å². The zero-order chi connectivity index (χ0) is 15.0. The van der Waals surface area contributed by atoms with Crippen LogP contribution in [0.15, 0.2) is 53.0 Å². The molecule has 21 heavy (non-hydrogen) atoms. The van der Waals surface area contributed by atoms with Crippen LogP contribution in [0.4, 0.5) is 11.4 Å². The van der Waals surface area contributed by atoms with Crippen molar-refractivity contribution in [1.29, 1.82) is 0 Å². The molecule has 4 heteroatoms. The van der Waals surface area contributed by atoms with E-state index in [1.807, 2.05) is 36.4 Å². The van der Waals surface area contributed by atoms with E-state index in [-0.39, 0.29) is 11.8 Å². The van der Waals surface area contributed by atoms with Gasteiger partial charge in [-0.05, 0) is 36.1 Å². The third kappa shape index (κ3) is 2.81. The van der Waals surface area contributed by atoms with Gasteiger partial charge in [0.25, 0.3) is 0 Å². The molecule has 0 saturated heterocycles. The molecule has 1 aliphatic rings. The van der Waals surface area contributed by atoms with Crippen molar-refractivity contribution < 1.29 is 4.79 Å². The van der Waals surface area contributed by atoms with Crippen LogP contribution >= 0.6 is 15.9 Å². The van der Waals surface area contributed by atoms with Crippen LogP contribution in [0.1, 0.15) is 17.9 Å². The summed E-state index contributed by atoms with van der Waals surface area (Å²) in [5.41, 5.74) is 8.62. The number of anilines is 2. The molecular weight excluding hydrogens is 328 g/mol. The second-order valence-electron chi connectivity index (χ2n) is 5.46. The molecule has 2 aromatic rings. The SMILES string of the molecule is CN(C(=O)C1CC1c1ccccc1)c1ccc(Br)cc1N. The average molecular weight is 345 g/mol. The molecule has 0 radical (unpaired) electrons. The number of carbonyl (C=O) groups is 1. The number of hydrogen-bond acceptors (Lipinski definition) is 2. The van der Waals surface area contributed by atoms with E-state index >= 15 is 0 Å². The molecule has 1 saturated carbocycles. The molecule has 3 rings (SSSR count). The highest BCUT2D eigenvalue weighted by atomic mass is 79.9. The Morgan fingerprint density at radius 3 is 2.62 bits per heavy atom. The Morgan fingerprint density at radius 2 is 1.95 bits per heavy atom. The molecule has 3 nitrogen and oxygen atoms in total.